The lowest BCUT2D eigenvalue weighted by Gasteiger charge is -2.26. The molecule has 0 saturated carbocycles. The molecule has 0 spiro atoms. The minimum Gasteiger partial charge on any atom is -0.491 e. The summed E-state index contributed by atoms with van der Waals surface area (Å²) in [6, 6.07) is 32.7. The molecule has 0 heterocycles. The molecule has 0 aromatic heterocycles. The summed E-state index contributed by atoms with van der Waals surface area (Å²) in [6.07, 6.45) is -1.09. The van der Waals surface area contributed by atoms with E-state index in [1.165, 1.54) is 0 Å². The first-order valence-electron chi connectivity index (χ1n) is 14.0. The van der Waals surface area contributed by atoms with Crippen LogP contribution in [0.3, 0.4) is 0 Å². The van der Waals surface area contributed by atoms with Gasteiger partial charge in [0.15, 0.2) is 11.5 Å². The summed E-state index contributed by atoms with van der Waals surface area (Å²) >= 11 is 0. The fourth-order valence-corrected chi connectivity index (χ4v) is 4.22. The second-order valence-corrected chi connectivity index (χ2v) is 10.9. The van der Waals surface area contributed by atoms with E-state index in [4.69, 9.17) is 23.7 Å². The molecule has 0 bridgehead atoms. The van der Waals surface area contributed by atoms with Crippen LogP contribution < -0.4 is 19.5 Å². The molecule has 1 amide bonds. The molecule has 7 nitrogen and oxygen atoms in total. The zero-order chi connectivity index (χ0) is 29.8. The number of carbonyl (C=O) groups excluding carboxylic acids is 1. The molecule has 7 heteroatoms. The van der Waals surface area contributed by atoms with Gasteiger partial charge in [0.25, 0.3) is 0 Å². The van der Waals surface area contributed by atoms with Crippen LogP contribution in [0.4, 0.5) is 10.5 Å². The van der Waals surface area contributed by atoms with E-state index in [9.17, 15) is 4.79 Å². The molecule has 0 aliphatic carbocycles. The van der Waals surface area contributed by atoms with Crippen LogP contribution >= 0.6 is 0 Å². The number of amides is 1. The molecular weight excluding hydrogens is 530 g/mol. The first-order valence-corrected chi connectivity index (χ1v) is 14.0. The highest BCUT2D eigenvalue weighted by atomic mass is 16.6. The number of hydrogen-bond donors (Lipinski definition) is 1. The van der Waals surface area contributed by atoms with Gasteiger partial charge in [-0.1, -0.05) is 99.6 Å². The number of rotatable bonds is 13. The topological polar surface area (TPSA) is 75.3 Å². The molecule has 0 saturated heterocycles. The van der Waals surface area contributed by atoms with Crippen molar-refractivity contribution in [1.82, 2.24) is 0 Å². The maximum atomic E-state index is 12.8. The smallest absolute Gasteiger partial charge is 0.417 e. The molecule has 4 aromatic rings. The molecule has 1 N–H and O–H groups in total. The monoisotopic (exact) mass is 569 g/mol. The molecule has 42 heavy (non-hydrogen) atoms. The number of hydrogen-bond acceptors (Lipinski definition) is 6. The van der Waals surface area contributed by atoms with Crippen LogP contribution in [0.25, 0.3) is 0 Å². The van der Waals surface area contributed by atoms with Crippen molar-refractivity contribution >= 4 is 11.8 Å². The maximum Gasteiger partial charge on any atom is 0.417 e. The van der Waals surface area contributed by atoms with Gasteiger partial charge in [0.1, 0.15) is 11.9 Å². The van der Waals surface area contributed by atoms with E-state index in [-0.39, 0.29) is 18.6 Å². The van der Waals surface area contributed by atoms with Gasteiger partial charge in [-0.15, -0.1) is 0 Å². The number of carbonyl (C=O) groups is 1. The highest BCUT2D eigenvalue weighted by Gasteiger charge is 2.24. The number of para-hydroxylation sites is 1. The number of anilines is 1. The largest absolute Gasteiger partial charge is 0.491 e. The van der Waals surface area contributed by atoms with Gasteiger partial charge in [0.2, 0.25) is 0 Å². The minimum atomic E-state index is -0.634. The van der Waals surface area contributed by atoms with Gasteiger partial charge in [0, 0.05) is 0 Å². The minimum absolute atomic E-state index is 0.243. The van der Waals surface area contributed by atoms with Crippen molar-refractivity contribution in [2.24, 2.45) is 0 Å². The Hall–Kier alpha value is -4.33. The Bertz CT molecular complexity index is 1340. The second-order valence-electron chi connectivity index (χ2n) is 10.9. The zero-order valence-corrected chi connectivity index (χ0v) is 24.7. The fraction of sp³-hybridized carbons (Fsp3) is 0.286. The standard InChI is InChI=1S/C35H39NO6/c1-35(2,3)28-20-31(36-34(37)42-29-18-12-7-13-19-29)33(38-4)32(21-28)41-30(24-39-22-26-14-8-5-9-15-26)25-40-23-27-16-10-6-11-17-27/h5-21,30H,22-25H2,1-4H3,(H,36,37). The van der Waals surface area contributed by atoms with Crippen LogP contribution in [-0.2, 0) is 28.1 Å². The van der Waals surface area contributed by atoms with Gasteiger partial charge in [-0.05, 0) is 46.4 Å². The number of nitrogens with one attached hydrogen (secondary N) is 1. The Kier molecular flexibility index (Phi) is 11.0. The van der Waals surface area contributed by atoms with Crippen LogP contribution in [-0.4, -0.2) is 32.5 Å². The average Bonchev–Trinajstić information content (AvgIpc) is 2.98. The summed E-state index contributed by atoms with van der Waals surface area (Å²) in [5.41, 5.74) is 3.28. The first kappa shape index (κ1) is 30.6. The Morgan fingerprint density at radius 1 is 0.762 bits per heavy atom. The first-order chi connectivity index (χ1) is 20.3. The Morgan fingerprint density at radius 3 is 1.79 bits per heavy atom. The molecule has 0 radical (unpaired) electrons. The fourth-order valence-electron chi connectivity index (χ4n) is 4.22. The summed E-state index contributed by atoms with van der Waals surface area (Å²) < 4.78 is 29.9. The van der Waals surface area contributed by atoms with Gasteiger partial charge in [-0.2, -0.15) is 0 Å². The summed E-state index contributed by atoms with van der Waals surface area (Å²) in [5, 5.41) is 2.84. The zero-order valence-electron chi connectivity index (χ0n) is 24.7. The van der Waals surface area contributed by atoms with Crippen molar-refractivity contribution in [3.63, 3.8) is 0 Å². The normalized spacial score (nSPS) is 11.3. The van der Waals surface area contributed by atoms with E-state index in [0.717, 1.165) is 16.7 Å². The molecule has 0 aliphatic rings. The molecule has 4 aromatic carbocycles. The highest BCUT2D eigenvalue weighted by Crippen LogP contribution is 2.41. The summed E-state index contributed by atoms with van der Waals surface area (Å²) in [5.74, 6) is 1.28. The van der Waals surface area contributed by atoms with E-state index >= 15 is 0 Å². The van der Waals surface area contributed by atoms with Crippen LogP contribution in [0.2, 0.25) is 0 Å². The summed E-state index contributed by atoms with van der Waals surface area (Å²) in [4.78, 5) is 12.8. The predicted molar refractivity (Wildman–Crippen MR) is 164 cm³/mol. The van der Waals surface area contributed by atoms with Gasteiger partial charge in [-0.3, -0.25) is 5.32 Å². The SMILES string of the molecule is COc1c(NC(=O)Oc2ccccc2)cc(C(C)(C)C)cc1OC(COCc1ccccc1)COCc1ccccc1. The maximum absolute atomic E-state index is 12.8. The number of ether oxygens (including phenoxy) is 5. The van der Waals surface area contributed by atoms with Crippen molar-refractivity contribution in [3.8, 4) is 17.2 Å². The predicted octanol–water partition coefficient (Wildman–Crippen LogP) is 7.78. The van der Waals surface area contributed by atoms with Crippen molar-refractivity contribution in [1.29, 1.82) is 0 Å². The number of benzene rings is 4. The van der Waals surface area contributed by atoms with Gasteiger partial charge >= 0.3 is 6.09 Å². The third-order valence-electron chi connectivity index (χ3n) is 6.44. The van der Waals surface area contributed by atoms with E-state index in [0.29, 0.717) is 36.1 Å². The van der Waals surface area contributed by atoms with Crippen molar-refractivity contribution < 1.29 is 28.5 Å². The molecule has 0 atom stereocenters. The molecule has 0 fully saturated rings. The molecule has 220 valence electrons. The van der Waals surface area contributed by atoms with Gasteiger partial charge in [0.05, 0.1) is 39.2 Å². The lowest BCUT2D eigenvalue weighted by atomic mass is 9.86. The third kappa shape index (κ3) is 9.36. The molecular formula is C35H39NO6. The number of methoxy groups -OCH3 is 1. The van der Waals surface area contributed by atoms with Gasteiger partial charge in [-0.25, -0.2) is 4.79 Å². The molecule has 0 aliphatic heterocycles. The van der Waals surface area contributed by atoms with E-state index in [2.05, 4.69) is 26.1 Å². The van der Waals surface area contributed by atoms with E-state index < -0.39 is 12.2 Å². The lowest BCUT2D eigenvalue weighted by Crippen LogP contribution is -2.29. The van der Waals surface area contributed by atoms with Crippen molar-refractivity contribution in [2.45, 2.75) is 45.5 Å². The molecule has 0 unspecified atom stereocenters. The summed E-state index contributed by atoms with van der Waals surface area (Å²) in [7, 11) is 1.54. The van der Waals surface area contributed by atoms with Crippen molar-refractivity contribution in [3.05, 3.63) is 120 Å². The average molecular weight is 570 g/mol. The Morgan fingerprint density at radius 2 is 1.29 bits per heavy atom. The third-order valence-corrected chi connectivity index (χ3v) is 6.44. The van der Waals surface area contributed by atoms with Crippen LogP contribution in [0.5, 0.6) is 17.2 Å². The Labute approximate surface area is 248 Å². The van der Waals surface area contributed by atoms with E-state index in [1.807, 2.05) is 78.9 Å². The lowest BCUT2D eigenvalue weighted by molar-refractivity contribution is -0.0165. The van der Waals surface area contributed by atoms with Crippen LogP contribution in [0.1, 0.15) is 37.5 Å². The van der Waals surface area contributed by atoms with Crippen molar-refractivity contribution in [2.75, 3.05) is 25.6 Å². The van der Waals surface area contributed by atoms with E-state index in [1.54, 1.807) is 31.4 Å². The van der Waals surface area contributed by atoms with Crippen LogP contribution in [0.15, 0.2) is 103 Å². The second kappa shape index (κ2) is 15.1. The Balaban J connectivity index is 1.55. The van der Waals surface area contributed by atoms with Gasteiger partial charge < -0.3 is 23.7 Å². The highest BCUT2D eigenvalue weighted by molar-refractivity contribution is 5.89. The quantitative estimate of drug-likeness (QED) is 0.177. The van der Waals surface area contributed by atoms with Crippen LogP contribution in [0, 0.1) is 0 Å². The summed E-state index contributed by atoms with van der Waals surface area (Å²) in [6.45, 7) is 7.72. The molecule has 4 rings (SSSR count).